The lowest BCUT2D eigenvalue weighted by Crippen LogP contribution is -2.33. The molecule has 0 aliphatic rings. The highest BCUT2D eigenvalue weighted by atomic mass is 16.5. The van der Waals surface area contributed by atoms with Crippen LogP contribution in [0.3, 0.4) is 0 Å². The third-order valence-corrected chi connectivity index (χ3v) is 2.10. The van der Waals surface area contributed by atoms with E-state index in [-0.39, 0.29) is 5.82 Å². The molecule has 2 aromatic rings. The molecule has 7 nitrogen and oxygen atoms in total. The van der Waals surface area contributed by atoms with Crippen LogP contribution in [0.1, 0.15) is 0 Å². The van der Waals surface area contributed by atoms with Gasteiger partial charge >= 0.3 is 11.8 Å². The van der Waals surface area contributed by atoms with Crippen LogP contribution in [0.25, 0.3) is 11.4 Å². The first-order valence-electron chi connectivity index (χ1n) is 4.82. The molecular weight excluding hydrogens is 224 g/mol. The molecule has 0 N–H and O–H groups in total. The van der Waals surface area contributed by atoms with Gasteiger partial charge in [-0.3, -0.25) is 9.51 Å². The van der Waals surface area contributed by atoms with Crippen molar-refractivity contribution in [3.8, 4) is 11.4 Å². The molecule has 0 bridgehead atoms. The summed E-state index contributed by atoms with van der Waals surface area (Å²) in [5, 5.41) is 3.58. The van der Waals surface area contributed by atoms with E-state index in [9.17, 15) is 9.59 Å². The van der Waals surface area contributed by atoms with Crippen molar-refractivity contribution in [3.63, 3.8) is 0 Å². The molecule has 7 heteroatoms. The smallest absolute Gasteiger partial charge is 0.330 e. The molecule has 88 valence electrons. The zero-order valence-corrected chi connectivity index (χ0v) is 9.32. The molecule has 0 aliphatic carbocycles. The fraction of sp³-hybridized carbons (Fsp3) is 0.200. The van der Waals surface area contributed by atoms with Crippen LogP contribution in [-0.4, -0.2) is 39.7 Å². The molecule has 0 fully saturated rings. The summed E-state index contributed by atoms with van der Waals surface area (Å²) in [6.07, 6.45) is 3.08. The number of hydrogen-bond acceptors (Lipinski definition) is 5. The molecule has 0 aromatic carbocycles. The zero-order chi connectivity index (χ0) is 12.4. The maximum Gasteiger partial charge on any atom is 0.450 e. The quantitative estimate of drug-likeness (QED) is 0.714. The maximum absolute atomic E-state index is 11.8. The average Bonchev–Trinajstić information content (AvgIpc) is 2.71. The second-order valence-corrected chi connectivity index (χ2v) is 3.53. The van der Waals surface area contributed by atoms with Gasteiger partial charge in [-0.05, 0) is 12.1 Å². The number of aromatic nitrogens is 3. The topological polar surface area (TPSA) is 81.2 Å². The van der Waals surface area contributed by atoms with Gasteiger partial charge in [0.25, 0.3) is 0 Å². The fourth-order valence-electron chi connectivity index (χ4n) is 1.30. The highest BCUT2D eigenvalue weighted by Crippen LogP contribution is 2.13. The van der Waals surface area contributed by atoms with Crippen molar-refractivity contribution >= 4 is 6.03 Å². The van der Waals surface area contributed by atoms with Gasteiger partial charge in [0.2, 0.25) is 0 Å². The highest BCUT2D eigenvalue weighted by molar-refractivity contribution is 5.80. The van der Waals surface area contributed by atoms with Gasteiger partial charge in [0.15, 0.2) is 5.82 Å². The van der Waals surface area contributed by atoms with E-state index in [0.29, 0.717) is 5.56 Å². The van der Waals surface area contributed by atoms with Crippen LogP contribution in [0, 0.1) is 0 Å². The number of carbonyl (C=O) groups is 1. The fourth-order valence-corrected chi connectivity index (χ4v) is 1.30. The summed E-state index contributed by atoms with van der Waals surface area (Å²) in [5.74, 6) is -0.677. The number of pyridine rings is 1. The first-order valence-corrected chi connectivity index (χ1v) is 4.82. The summed E-state index contributed by atoms with van der Waals surface area (Å²) in [7, 11) is 3.07. The van der Waals surface area contributed by atoms with Gasteiger partial charge in [0.1, 0.15) is 0 Å². The summed E-state index contributed by atoms with van der Waals surface area (Å²) in [4.78, 5) is 28.4. The normalized spacial score (nSPS) is 10.2. The Hall–Kier alpha value is -2.44. The third kappa shape index (κ3) is 1.94. The molecule has 0 saturated heterocycles. The second-order valence-electron chi connectivity index (χ2n) is 3.53. The van der Waals surface area contributed by atoms with Crippen LogP contribution in [0.5, 0.6) is 0 Å². The maximum atomic E-state index is 11.8. The van der Waals surface area contributed by atoms with Gasteiger partial charge in [-0.25, -0.2) is 9.59 Å². The van der Waals surface area contributed by atoms with Crippen molar-refractivity contribution in [1.82, 2.24) is 19.6 Å². The summed E-state index contributed by atoms with van der Waals surface area (Å²) < 4.78 is 5.36. The van der Waals surface area contributed by atoms with Crippen LogP contribution in [0.4, 0.5) is 4.79 Å². The standard InChI is InChI=1S/C10H10N4O3/c1-13(2)9(15)14-8(12-17-10(14)16)7-4-3-5-11-6-7/h3-6H,1-2H3. The molecule has 0 spiro atoms. The van der Waals surface area contributed by atoms with Gasteiger partial charge in [0, 0.05) is 32.1 Å². The van der Waals surface area contributed by atoms with Gasteiger partial charge in [-0.1, -0.05) is 5.16 Å². The Morgan fingerprint density at radius 1 is 1.47 bits per heavy atom. The van der Waals surface area contributed by atoms with Gasteiger partial charge in [0.05, 0.1) is 0 Å². The molecular formula is C10H10N4O3. The number of hydrogen-bond donors (Lipinski definition) is 0. The Balaban J connectivity index is 2.58. The number of amides is 1. The molecule has 0 radical (unpaired) electrons. The molecule has 2 aromatic heterocycles. The minimum atomic E-state index is -0.817. The first kappa shape index (κ1) is 11.1. The predicted octanol–water partition coefficient (Wildman–Crippen LogP) is 0.428. The van der Waals surface area contributed by atoms with Crippen molar-refractivity contribution in [3.05, 3.63) is 35.1 Å². The second kappa shape index (κ2) is 4.20. The zero-order valence-electron chi connectivity index (χ0n) is 9.32. The van der Waals surface area contributed by atoms with Gasteiger partial charge < -0.3 is 4.90 Å². The third-order valence-electron chi connectivity index (χ3n) is 2.10. The SMILES string of the molecule is CN(C)C(=O)n1c(-c2cccnc2)noc1=O. The van der Waals surface area contributed by atoms with Crippen molar-refractivity contribution < 1.29 is 9.32 Å². The van der Waals surface area contributed by atoms with E-state index in [0.717, 1.165) is 4.57 Å². The largest absolute Gasteiger partial charge is 0.450 e. The van der Waals surface area contributed by atoms with E-state index in [1.165, 1.54) is 25.2 Å². The van der Waals surface area contributed by atoms with E-state index >= 15 is 0 Å². The van der Waals surface area contributed by atoms with E-state index < -0.39 is 11.8 Å². The molecule has 2 heterocycles. The number of nitrogens with zero attached hydrogens (tertiary/aromatic N) is 4. The molecule has 2 rings (SSSR count). The van der Waals surface area contributed by atoms with Crippen molar-refractivity contribution in [2.45, 2.75) is 0 Å². The van der Waals surface area contributed by atoms with E-state index in [1.807, 2.05) is 0 Å². The summed E-state index contributed by atoms with van der Waals surface area (Å²) in [5.41, 5.74) is 0.536. The number of rotatable bonds is 1. The van der Waals surface area contributed by atoms with Crippen molar-refractivity contribution in [2.24, 2.45) is 0 Å². The molecule has 1 amide bonds. The summed E-state index contributed by atoms with van der Waals surface area (Å²) in [6, 6.07) is 2.85. The Labute approximate surface area is 96.3 Å². The Morgan fingerprint density at radius 2 is 2.24 bits per heavy atom. The van der Waals surface area contributed by atoms with E-state index in [2.05, 4.69) is 14.7 Å². The molecule has 0 aliphatic heterocycles. The van der Waals surface area contributed by atoms with Crippen LogP contribution in [0.15, 0.2) is 33.8 Å². The minimum Gasteiger partial charge on any atom is -0.330 e. The lowest BCUT2D eigenvalue weighted by molar-refractivity contribution is 0.217. The van der Waals surface area contributed by atoms with Crippen molar-refractivity contribution in [1.29, 1.82) is 0 Å². The van der Waals surface area contributed by atoms with Crippen molar-refractivity contribution in [2.75, 3.05) is 14.1 Å². The van der Waals surface area contributed by atoms with Crippen LogP contribution >= 0.6 is 0 Å². The van der Waals surface area contributed by atoms with Crippen LogP contribution in [0.2, 0.25) is 0 Å². The predicted molar refractivity (Wildman–Crippen MR) is 58.5 cm³/mol. The minimum absolute atomic E-state index is 0.141. The van der Waals surface area contributed by atoms with E-state index in [4.69, 9.17) is 0 Å². The molecule has 0 saturated carbocycles. The van der Waals surface area contributed by atoms with Gasteiger partial charge in [-0.2, -0.15) is 4.57 Å². The highest BCUT2D eigenvalue weighted by Gasteiger charge is 2.20. The molecule has 0 unspecified atom stereocenters. The summed E-state index contributed by atoms with van der Waals surface area (Å²) >= 11 is 0. The van der Waals surface area contributed by atoms with Gasteiger partial charge in [-0.15, -0.1) is 0 Å². The van der Waals surface area contributed by atoms with Crippen LogP contribution in [-0.2, 0) is 0 Å². The van der Waals surface area contributed by atoms with Crippen LogP contribution < -0.4 is 5.76 Å². The Morgan fingerprint density at radius 3 is 2.82 bits per heavy atom. The summed E-state index contributed by atoms with van der Waals surface area (Å²) in [6.45, 7) is 0. The van der Waals surface area contributed by atoms with E-state index in [1.54, 1.807) is 18.3 Å². The lowest BCUT2D eigenvalue weighted by atomic mass is 10.3. The molecule has 17 heavy (non-hydrogen) atoms. The Kier molecular flexibility index (Phi) is 2.73. The monoisotopic (exact) mass is 234 g/mol. The number of carbonyl (C=O) groups excluding carboxylic acids is 1. The Bertz CT molecular complexity index is 585. The lowest BCUT2D eigenvalue weighted by Gasteiger charge is -2.10. The average molecular weight is 234 g/mol. The first-order chi connectivity index (χ1) is 8.11. The molecule has 0 atom stereocenters.